The van der Waals surface area contributed by atoms with Gasteiger partial charge in [0.2, 0.25) is 0 Å². The van der Waals surface area contributed by atoms with Crippen LogP contribution in [-0.2, 0) is 0 Å². The van der Waals surface area contributed by atoms with Gasteiger partial charge < -0.3 is 4.90 Å². The van der Waals surface area contributed by atoms with Gasteiger partial charge in [0, 0.05) is 42.0 Å². The molecule has 0 aliphatic carbocycles. The molecule has 1 N–H and O–H groups in total. The zero-order valence-electron chi connectivity index (χ0n) is 8.50. The van der Waals surface area contributed by atoms with Crippen LogP contribution >= 0.6 is 23.5 Å². The zero-order valence-corrected chi connectivity index (χ0v) is 10.1. The molecule has 0 aromatic carbocycles. The van der Waals surface area contributed by atoms with Gasteiger partial charge in [-0.3, -0.25) is 5.41 Å². The van der Waals surface area contributed by atoms with Crippen molar-refractivity contribution in [2.24, 2.45) is 0 Å². The largest absolute Gasteiger partial charge is 0.359 e. The maximum atomic E-state index is 7.87. The van der Waals surface area contributed by atoms with Crippen LogP contribution in [0.25, 0.3) is 0 Å². The van der Waals surface area contributed by atoms with Crippen molar-refractivity contribution in [3.63, 3.8) is 0 Å². The van der Waals surface area contributed by atoms with E-state index in [1.807, 2.05) is 0 Å². The first kappa shape index (κ1) is 10.7. The van der Waals surface area contributed by atoms with Gasteiger partial charge in [-0.05, 0) is 12.8 Å². The van der Waals surface area contributed by atoms with E-state index in [4.69, 9.17) is 5.41 Å². The molecule has 2 nitrogen and oxygen atoms in total. The minimum atomic E-state index is 0.771. The molecule has 1 unspecified atom stereocenters. The number of nitrogens with one attached hydrogen (secondary N) is 1. The quantitative estimate of drug-likeness (QED) is 0.788. The van der Waals surface area contributed by atoms with Gasteiger partial charge in [-0.25, -0.2) is 0 Å². The molecule has 0 aromatic rings. The normalized spacial score (nSPS) is 29.3. The highest BCUT2D eigenvalue weighted by molar-refractivity contribution is 8.06. The first-order chi connectivity index (χ1) is 6.86. The van der Waals surface area contributed by atoms with Gasteiger partial charge in [0.1, 0.15) is 0 Å². The van der Waals surface area contributed by atoms with E-state index in [9.17, 15) is 0 Å². The second-order valence-electron chi connectivity index (χ2n) is 3.92. The van der Waals surface area contributed by atoms with Crippen LogP contribution in [0.5, 0.6) is 0 Å². The Labute approximate surface area is 94.7 Å². The number of hydrogen-bond donors (Lipinski definition) is 1. The molecule has 0 aromatic heterocycles. The predicted octanol–water partition coefficient (Wildman–Crippen LogP) is 2.30. The molecule has 0 saturated carbocycles. The van der Waals surface area contributed by atoms with Crippen LogP contribution in [0, 0.1) is 5.41 Å². The number of hydrogen-bond acceptors (Lipinski definition) is 3. The minimum absolute atomic E-state index is 0.771. The van der Waals surface area contributed by atoms with Crippen molar-refractivity contribution in [3.8, 4) is 0 Å². The van der Waals surface area contributed by atoms with E-state index in [0.717, 1.165) is 30.6 Å². The summed E-state index contributed by atoms with van der Waals surface area (Å²) >= 11 is 4.17. The highest BCUT2D eigenvalue weighted by Crippen LogP contribution is 2.25. The van der Waals surface area contributed by atoms with Crippen LogP contribution in [0.15, 0.2) is 0 Å². The number of likely N-dealkylation sites (tertiary alicyclic amines) is 1. The summed E-state index contributed by atoms with van der Waals surface area (Å²) in [6.45, 7) is 2.25. The topological polar surface area (TPSA) is 27.1 Å². The predicted molar refractivity (Wildman–Crippen MR) is 66.7 cm³/mol. The van der Waals surface area contributed by atoms with Crippen LogP contribution < -0.4 is 0 Å². The summed E-state index contributed by atoms with van der Waals surface area (Å²) in [6, 6.07) is 0. The van der Waals surface area contributed by atoms with Crippen LogP contribution in [0.1, 0.15) is 19.3 Å². The summed E-state index contributed by atoms with van der Waals surface area (Å²) in [5.74, 6) is 4.79. The molecule has 0 spiro atoms. The van der Waals surface area contributed by atoms with Crippen molar-refractivity contribution in [2.45, 2.75) is 24.5 Å². The van der Waals surface area contributed by atoms with E-state index in [-0.39, 0.29) is 0 Å². The lowest BCUT2D eigenvalue weighted by atomic mass is 10.1. The summed E-state index contributed by atoms with van der Waals surface area (Å²) in [4.78, 5) is 2.30. The molecule has 1 atom stereocenters. The first-order valence-electron chi connectivity index (χ1n) is 5.38. The average Bonchev–Trinajstić information content (AvgIpc) is 2.23. The Kier molecular flexibility index (Phi) is 4.05. The average molecular weight is 230 g/mol. The third-order valence-electron chi connectivity index (χ3n) is 2.78. The van der Waals surface area contributed by atoms with Crippen molar-refractivity contribution in [1.82, 2.24) is 4.90 Å². The Morgan fingerprint density at radius 2 is 2.29 bits per heavy atom. The van der Waals surface area contributed by atoms with E-state index in [0.29, 0.717) is 0 Å². The molecule has 2 rings (SSSR count). The lowest BCUT2D eigenvalue weighted by Crippen LogP contribution is -2.40. The third-order valence-corrected chi connectivity index (χ3v) is 5.61. The van der Waals surface area contributed by atoms with E-state index < -0.39 is 0 Å². The molecule has 2 aliphatic rings. The fourth-order valence-corrected chi connectivity index (χ4v) is 4.66. The SMILES string of the molecule is N=C1CCCCN1CC1CSCCS1. The van der Waals surface area contributed by atoms with Crippen molar-refractivity contribution < 1.29 is 0 Å². The Hall–Kier alpha value is 0.170. The summed E-state index contributed by atoms with van der Waals surface area (Å²) in [5, 5.41) is 8.64. The summed E-state index contributed by atoms with van der Waals surface area (Å²) in [7, 11) is 0. The molecule has 2 aliphatic heterocycles. The van der Waals surface area contributed by atoms with Crippen LogP contribution in [0.4, 0.5) is 0 Å². The number of rotatable bonds is 2. The second kappa shape index (κ2) is 5.31. The van der Waals surface area contributed by atoms with Crippen molar-refractivity contribution >= 4 is 29.4 Å². The molecule has 14 heavy (non-hydrogen) atoms. The van der Waals surface area contributed by atoms with E-state index >= 15 is 0 Å². The van der Waals surface area contributed by atoms with Crippen LogP contribution in [0.3, 0.4) is 0 Å². The minimum Gasteiger partial charge on any atom is -0.359 e. The van der Waals surface area contributed by atoms with Crippen molar-refractivity contribution in [2.75, 3.05) is 30.3 Å². The van der Waals surface area contributed by atoms with E-state index in [1.165, 1.54) is 30.1 Å². The van der Waals surface area contributed by atoms with Gasteiger partial charge in [0.05, 0.1) is 5.84 Å². The second-order valence-corrected chi connectivity index (χ2v) is 6.48. The highest BCUT2D eigenvalue weighted by Gasteiger charge is 2.21. The maximum Gasteiger partial charge on any atom is 0.0958 e. The Morgan fingerprint density at radius 1 is 1.36 bits per heavy atom. The molecule has 2 heterocycles. The van der Waals surface area contributed by atoms with Crippen molar-refractivity contribution in [3.05, 3.63) is 0 Å². The van der Waals surface area contributed by atoms with Gasteiger partial charge in [-0.1, -0.05) is 0 Å². The number of piperidine rings is 1. The van der Waals surface area contributed by atoms with E-state index in [1.54, 1.807) is 0 Å². The van der Waals surface area contributed by atoms with Gasteiger partial charge in [-0.2, -0.15) is 23.5 Å². The van der Waals surface area contributed by atoms with Gasteiger partial charge in [-0.15, -0.1) is 0 Å². The van der Waals surface area contributed by atoms with Crippen LogP contribution in [0.2, 0.25) is 0 Å². The van der Waals surface area contributed by atoms with Gasteiger partial charge in [0.25, 0.3) is 0 Å². The molecule has 0 amide bonds. The molecular weight excluding hydrogens is 212 g/mol. The lowest BCUT2D eigenvalue weighted by Gasteiger charge is -2.33. The molecular formula is C10H18N2S2. The third kappa shape index (κ3) is 2.83. The molecule has 80 valence electrons. The summed E-state index contributed by atoms with van der Waals surface area (Å²) in [5.41, 5.74) is 0. The standard InChI is InChI=1S/C10H18N2S2/c11-10-3-1-2-4-12(10)7-9-8-13-5-6-14-9/h9,11H,1-8H2. The maximum absolute atomic E-state index is 7.87. The summed E-state index contributed by atoms with van der Waals surface area (Å²) < 4.78 is 0. The lowest BCUT2D eigenvalue weighted by molar-refractivity contribution is 0.371. The highest BCUT2D eigenvalue weighted by atomic mass is 32.2. The van der Waals surface area contributed by atoms with Gasteiger partial charge in [0.15, 0.2) is 0 Å². The smallest absolute Gasteiger partial charge is 0.0958 e. The molecule has 0 bridgehead atoms. The molecule has 2 fully saturated rings. The molecule has 0 radical (unpaired) electrons. The van der Waals surface area contributed by atoms with E-state index in [2.05, 4.69) is 28.4 Å². The summed E-state index contributed by atoms with van der Waals surface area (Å²) in [6.07, 6.45) is 3.51. The fourth-order valence-electron chi connectivity index (χ4n) is 1.98. The number of thioether (sulfide) groups is 2. The molecule has 4 heteroatoms. The number of nitrogens with zero attached hydrogens (tertiary/aromatic N) is 1. The first-order valence-corrected chi connectivity index (χ1v) is 7.58. The fraction of sp³-hybridized carbons (Fsp3) is 0.900. The number of amidine groups is 1. The van der Waals surface area contributed by atoms with Crippen molar-refractivity contribution in [1.29, 1.82) is 5.41 Å². The Bertz CT molecular complexity index is 202. The Morgan fingerprint density at radius 3 is 3.00 bits per heavy atom. The zero-order chi connectivity index (χ0) is 9.80. The monoisotopic (exact) mass is 230 g/mol. The van der Waals surface area contributed by atoms with Gasteiger partial charge >= 0.3 is 0 Å². The van der Waals surface area contributed by atoms with Crippen LogP contribution in [-0.4, -0.2) is 46.3 Å². The molecule has 2 saturated heterocycles. The Balaban J connectivity index is 1.79.